The van der Waals surface area contributed by atoms with E-state index < -0.39 is 11.8 Å². The SMILES string of the molecule is COC(=O)c1c(NC(=O)CSc2nnc(COc3ccccc3F)n2[C@@H](C)[C@@H]2C[C@@H]3CC[C@@H]2C3)sc2c1CCCCC2. The van der Waals surface area contributed by atoms with E-state index in [4.69, 9.17) is 9.47 Å². The Kier molecular flexibility index (Phi) is 8.85. The number of benzene rings is 1. The molecule has 2 fully saturated rings. The smallest absolute Gasteiger partial charge is 0.341 e. The average Bonchev–Trinajstić information content (AvgIpc) is 3.76. The summed E-state index contributed by atoms with van der Waals surface area (Å²) in [4.78, 5) is 27.1. The third-order valence-electron chi connectivity index (χ3n) is 9.14. The third-order valence-corrected chi connectivity index (χ3v) is 11.3. The summed E-state index contributed by atoms with van der Waals surface area (Å²) in [6.07, 6.45) is 9.99. The van der Waals surface area contributed by atoms with Crippen molar-refractivity contribution < 1.29 is 23.5 Å². The highest BCUT2D eigenvalue weighted by molar-refractivity contribution is 7.99. The second kappa shape index (κ2) is 12.8. The molecule has 3 aromatic rings. The van der Waals surface area contributed by atoms with Crippen LogP contribution in [-0.2, 0) is 29.0 Å². The Labute approximate surface area is 253 Å². The molecule has 8 nitrogen and oxygen atoms in total. The number of carbonyl (C=O) groups is 2. The second-order valence-electron chi connectivity index (χ2n) is 11.7. The molecule has 1 amide bonds. The van der Waals surface area contributed by atoms with Gasteiger partial charge in [0, 0.05) is 10.9 Å². The molecule has 1 aromatic carbocycles. The molecule has 4 atom stereocenters. The highest BCUT2D eigenvalue weighted by Gasteiger charge is 2.43. The molecular formula is C31H37FN4O4S2. The minimum atomic E-state index is -0.423. The number of amides is 1. The number of anilines is 1. The number of thiophene rings is 1. The monoisotopic (exact) mass is 612 g/mol. The van der Waals surface area contributed by atoms with Gasteiger partial charge in [-0.1, -0.05) is 36.7 Å². The minimum Gasteiger partial charge on any atom is -0.483 e. The maximum absolute atomic E-state index is 14.2. The van der Waals surface area contributed by atoms with Crippen LogP contribution >= 0.6 is 23.1 Å². The van der Waals surface area contributed by atoms with Gasteiger partial charge in [-0.2, -0.15) is 0 Å². The summed E-state index contributed by atoms with van der Waals surface area (Å²) in [7, 11) is 1.38. The van der Waals surface area contributed by atoms with Crippen molar-refractivity contribution in [1.29, 1.82) is 0 Å². The van der Waals surface area contributed by atoms with Crippen LogP contribution in [-0.4, -0.2) is 39.5 Å². The molecule has 3 aliphatic carbocycles. The summed E-state index contributed by atoms with van der Waals surface area (Å²) in [5.74, 6) is 1.82. The molecule has 0 saturated heterocycles. The van der Waals surface area contributed by atoms with Gasteiger partial charge in [0.05, 0.1) is 18.4 Å². The topological polar surface area (TPSA) is 95.3 Å². The fourth-order valence-electron chi connectivity index (χ4n) is 7.14. The zero-order valence-corrected chi connectivity index (χ0v) is 25.7. The van der Waals surface area contributed by atoms with Crippen molar-refractivity contribution in [3.8, 4) is 5.75 Å². The number of para-hydroxylation sites is 1. The molecule has 0 spiro atoms. The maximum atomic E-state index is 14.2. The molecule has 2 aromatic heterocycles. The van der Waals surface area contributed by atoms with Crippen molar-refractivity contribution in [2.75, 3.05) is 18.2 Å². The highest BCUT2D eigenvalue weighted by Crippen LogP contribution is 2.52. The molecule has 0 radical (unpaired) electrons. The van der Waals surface area contributed by atoms with Crippen molar-refractivity contribution >= 4 is 40.0 Å². The predicted molar refractivity (Wildman–Crippen MR) is 161 cm³/mol. The van der Waals surface area contributed by atoms with E-state index in [1.165, 1.54) is 62.0 Å². The average molecular weight is 613 g/mol. The summed E-state index contributed by atoms with van der Waals surface area (Å²) < 4.78 is 27.2. The Bertz CT molecular complexity index is 1460. The number of nitrogens with zero attached hydrogens (tertiary/aromatic N) is 3. The molecule has 2 bridgehead atoms. The fourth-order valence-corrected chi connectivity index (χ4v) is 9.27. The Morgan fingerprint density at radius 3 is 2.76 bits per heavy atom. The van der Waals surface area contributed by atoms with Gasteiger partial charge < -0.3 is 14.8 Å². The molecule has 11 heteroatoms. The largest absolute Gasteiger partial charge is 0.483 e. The summed E-state index contributed by atoms with van der Waals surface area (Å²) in [6.45, 7) is 2.28. The molecule has 2 heterocycles. The van der Waals surface area contributed by atoms with E-state index >= 15 is 0 Å². The lowest BCUT2D eigenvalue weighted by Gasteiger charge is -2.30. The molecule has 1 N–H and O–H groups in total. The first kappa shape index (κ1) is 29.2. The molecule has 6 rings (SSSR count). The molecular weight excluding hydrogens is 575 g/mol. The van der Waals surface area contributed by atoms with E-state index in [0.717, 1.165) is 48.5 Å². The lowest BCUT2D eigenvalue weighted by molar-refractivity contribution is -0.113. The third kappa shape index (κ3) is 5.95. The number of hydrogen-bond acceptors (Lipinski definition) is 8. The first-order valence-corrected chi connectivity index (χ1v) is 16.7. The van der Waals surface area contributed by atoms with Gasteiger partial charge in [0.15, 0.2) is 22.5 Å². The molecule has 0 aliphatic heterocycles. The van der Waals surface area contributed by atoms with Crippen LogP contribution in [0.2, 0.25) is 0 Å². The van der Waals surface area contributed by atoms with Gasteiger partial charge in [-0.25, -0.2) is 9.18 Å². The van der Waals surface area contributed by atoms with Crippen LogP contribution < -0.4 is 10.1 Å². The van der Waals surface area contributed by atoms with E-state index in [9.17, 15) is 14.0 Å². The number of halogens is 1. The van der Waals surface area contributed by atoms with Gasteiger partial charge >= 0.3 is 5.97 Å². The molecule has 224 valence electrons. The van der Waals surface area contributed by atoms with Crippen molar-refractivity contribution in [3.05, 3.63) is 51.9 Å². The number of thioether (sulfide) groups is 1. The van der Waals surface area contributed by atoms with Crippen molar-refractivity contribution in [2.24, 2.45) is 17.8 Å². The van der Waals surface area contributed by atoms with Crippen LogP contribution in [0.15, 0.2) is 29.4 Å². The fraction of sp³-hybridized carbons (Fsp3) is 0.548. The van der Waals surface area contributed by atoms with Crippen LogP contribution in [0.3, 0.4) is 0 Å². The molecule has 3 aliphatic rings. The Balaban J connectivity index is 1.19. The number of esters is 1. The standard InChI is InChI=1S/C31H37FN4O4S2/c1-18(22-15-19-12-13-20(22)14-19)36-26(16-40-24-10-7-6-9-23(24)32)34-35-31(36)41-17-27(37)33-29-28(30(38)39-2)21-8-4-3-5-11-25(21)42-29/h6-7,9-10,18-20,22H,3-5,8,11-17H2,1-2H3,(H,33,37)/t18-,19+,20+,22-/m0/s1. The van der Waals surface area contributed by atoms with Crippen LogP contribution in [0.5, 0.6) is 5.75 Å². The Hall–Kier alpha value is -2.92. The van der Waals surface area contributed by atoms with Gasteiger partial charge in [-0.15, -0.1) is 21.5 Å². The summed E-state index contributed by atoms with van der Waals surface area (Å²) in [5, 5.41) is 13.1. The molecule has 42 heavy (non-hydrogen) atoms. The van der Waals surface area contributed by atoms with Gasteiger partial charge in [0.25, 0.3) is 0 Å². The zero-order valence-electron chi connectivity index (χ0n) is 24.1. The number of methoxy groups -OCH3 is 1. The van der Waals surface area contributed by atoms with E-state index in [2.05, 4.69) is 27.0 Å². The van der Waals surface area contributed by atoms with E-state index in [0.29, 0.717) is 33.4 Å². The highest BCUT2D eigenvalue weighted by atomic mass is 32.2. The number of aromatic nitrogens is 3. The van der Waals surface area contributed by atoms with Crippen LogP contribution in [0.1, 0.15) is 84.5 Å². The van der Waals surface area contributed by atoms with Crippen LogP contribution in [0.4, 0.5) is 9.39 Å². The molecule has 2 saturated carbocycles. The second-order valence-corrected chi connectivity index (χ2v) is 13.7. The zero-order chi connectivity index (χ0) is 29.2. The number of rotatable bonds is 10. The van der Waals surface area contributed by atoms with Gasteiger partial charge in [-0.05, 0) is 87.3 Å². The first-order chi connectivity index (χ1) is 20.4. The van der Waals surface area contributed by atoms with Gasteiger partial charge in [0.1, 0.15) is 11.6 Å². The predicted octanol–water partition coefficient (Wildman–Crippen LogP) is 6.84. The summed E-state index contributed by atoms with van der Waals surface area (Å²) in [6, 6.07) is 6.46. The Morgan fingerprint density at radius 2 is 2.00 bits per heavy atom. The number of hydrogen-bond donors (Lipinski definition) is 1. The van der Waals surface area contributed by atoms with Gasteiger partial charge in [-0.3, -0.25) is 9.36 Å². The quantitative estimate of drug-likeness (QED) is 0.152. The number of carbonyl (C=O) groups excluding carboxylic acids is 2. The summed E-state index contributed by atoms with van der Waals surface area (Å²) >= 11 is 2.81. The summed E-state index contributed by atoms with van der Waals surface area (Å²) in [5.41, 5.74) is 1.52. The Morgan fingerprint density at radius 1 is 1.17 bits per heavy atom. The lowest BCUT2D eigenvalue weighted by Crippen LogP contribution is -2.25. The lowest BCUT2D eigenvalue weighted by atomic mass is 9.84. The number of nitrogens with one attached hydrogen (secondary N) is 1. The van der Waals surface area contributed by atoms with E-state index in [1.54, 1.807) is 18.2 Å². The normalized spacial score (nSPS) is 21.9. The van der Waals surface area contributed by atoms with Crippen molar-refractivity contribution in [3.63, 3.8) is 0 Å². The number of fused-ring (bicyclic) bond motifs is 3. The maximum Gasteiger partial charge on any atom is 0.341 e. The van der Waals surface area contributed by atoms with Crippen LogP contribution in [0.25, 0.3) is 0 Å². The van der Waals surface area contributed by atoms with E-state index in [1.807, 2.05) is 0 Å². The number of ether oxygens (including phenoxy) is 2. The van der Waals surface area contributed by atoms with Gasteiger partial charge in [0.2, 0.25) is 5.91 Å². The van der Waals surface area contributed by atoms with E-state index in [-0.39, 0.29) is 30.1 Å². The van der Waals surface area contributed by atoms with Crippen LogP contribution in [0, 0.1) is 23.6 Å². The minimum absolute atomic E-state index is 0.0785. The first-order valence-electron chi connectivity index (χ1n) is 14.9. The van der Waals surface area contributed by atoms with Crippen molar-refractivity contribution in [2.45, 2.75) is 82.5 Å². The molecule has 0 unspecified atom stereocenters. The van der Waals surface area contributed by atoms with Crippen molar-refractivity contribution in [1.82, 2.24) is 14.8 Å². The number of aryl methyl sites for hydroxylation is 1.